The number of ether oxygens (including phenoxy) is 1. The van der Waals surface area contributed by atoms with Crippen molar-refractivity contribution in [1.29, 1.82) is 0 Å². The lowest BCUT2D eigenvalue weighted by atomic mass is 10.0. The van der Waals surface area contributed by atoms with Crippen LogP contribution in [0.3, 0.4) is 0 Å². The molecule has 0 bridgehead atoms. The maximum Gasteiger partial charge on any atom is 0.339 e. The van der Waals surface area contributed by atoms with Crippen molar-refractivity contribution in [2.24, 2.45) is 0 Å². The van der Waals surface area contributed by atoms with Gasteiger partial charge in [-0.25, -0.2) is 14.5 Å². The third-order valence-corrected chi connectivity index (χ3v) is 5.12. The monoisotopic (exact) mass is 408 g/mol. The number of hydrogen-bond acceptors (Lipinski definition) is 5. The molecule has 1 aromatic carbocycles. The van der Waals surface area contributed by atoms with Crippen molar-refractivity contribution in [3.63, 3.8) is 0 Å². The van der Waals surface area contributed by atoms with Crippen LogP contribution < -0.4 is 0 Å². The van der Waals surface area contributed by atoms with Gasteiger partial charge in [0.25, 0.3) is 0 Å². The largest absolute Gasteiger partial charge is 0.462 e. The lowest BCUT2D eigenvalue weighted by Gasteiger charge is -2.17. The summed E-state index contributed by atoms with van der Waals surface area (Å²) >= 11 is 0. The quantitative estimate of drug-likeness (QED) is 0.462. The Hall–Kier alpha value is -2.73. The van der Waals surface area contributed by atoms with Crippen LogP contribution in [-0.2, 0) is 11.3 Å². The fourth-order valence-corrected chi connectivity index (χ4v) is 3.57. The second-order valence-electron chi connectivity index (χ2n) is 7.99. The van der Waals surface area contributed by atoms with Gasteiger partial charge >= 0.3 is 5.97 Å². The number of rotatable bonds is 9. The summed E-state index contributed by atoms with van der Waals surface area (Å²) in [6.45, 7) is 10.4. The van der Waals surface area contributed by atoms with Gasteiger partial charge in [-0.05, 0) is 58.5 Å². The Balaban J connectivity index is 2.04. The molecule has 0 amide bonds. The highest BCUT2D eigenvalue weighted by atomic mass is 16.5. The Labute approximate surface area is 178 Å². The molecule has 6 nitrogen and oxygen atoms in total. The molecule has 0 radical (unpaired) electrons. The molecule has 3 rings (SSSR count). The lowest BCUT2D eigenvalue weighted by molar-refractivity contribution is 0.0528. The average molecular weight is 409 g/mol. The van der Waals surface area contributed by atoms with E-state index in [1.165, 1.54) is 18.4 Å². The van der Waals surface area contributed by atoms with Crippen LogP contribution in [0.25, 0.3) is 22.3 Å². The van der Waals surface area contributed by atoms with E-state index >= 15 is 0 Å². The summed E-state index contributed by atoms with van der Waals surface area (Å²) in [6, 6.07) is 10.3. The highest BCUT2D eigenvalue weighted by molar-refractivity contribution is 6.03. The molecule has 0 atom stereocenters. The average Bonchev–Trinajstić information content (AvgIpc) is 3.16. The van der Waals surface area contributed by atoms with Crippen LogP contribution in [0.2, 0.25) is 0 Å². The Morgan fingerprint density at radius 3 is 2.73 bits per heavy atom. The van der Waals surface area contributed by atoms with Crippen molar-refractivity contribution in [2.75, 3.05) is 20.2 Å². The number of esters is 1. The van der Waals surface area contributed by atoms with Crippen LogP contribution in [0.4, 0.5) is 0 Å². The Bertz CT molecular complexity index is 1010. The minimum atomic E-state index is -0.343. The zero-order chi connectivity index (χ0) is 21.7. The smallest absolute Gasteiger partial charge is 0.339 e. The fraction of sp³-hybridized carbons (Fsp3) is 0.458. The van der Waals surface area contributed by atoms with Gasteiger partial charge in [0, 0.05) is 18.2 Å². The SMILES string of the molecule is CCCCN(C)Cc1cccc(-c2cc(C(=O)OCC)c3cnn(C(C)C)c3n2)c1. The molecular weight excluding hydrogens is 376 g/mol. The van der Waals surface area contributed by atoms with Crippen molar-refractivity contribution in [1.82, 2.24) is 19.7 Å². The van der Waals surface area contributed by atoms with Crippen LogP contribution in [0, 0.1) is 0 Å². The number of benzene rings is 1. The highest BCUT2D eigenvalue weighted by Gasteiger charge is 2.19. The van der Waals surface area contributed by atoms with E-state index in [2.05, 4.69) is 50.0 Å². The Kier molecular flexibility index (Phi) is 7.21. The molecule has 160 valence electrons. The normalized spacial score (nSPS) is 11.6. The first kappa shape index (κ1) is 22.0. The minimum Gasteiger partial charge on any atom is -0.462 e. The second kappa shape index (κ2) is 9.85. The molecule has 0 saturated carbocycles. The first-order chi connectivity index (χ1) is 14.4. The van der Waals surface area contributed by atoms with E-state index < -0.39 is 0 Å². The summed E-state index contributed by atoms with van der Waals surface area (Å²) in [5.41, 5.74) is 4.18. The summed E-state index contributed by atoms with van der Waals surface area (Å²) in [7, 11) is 2.15. The number of carbonyl (C=O) groups is 1. The molecule has 0 fully saturated rings. The van der Waals surface area contributed by atoms with E-state index in [0.717, 1.165) is 29.7 Å². The standard InChI is InChI=1S/C24H32N4O2/c1-6-8-12-27(5)16-18-10-9-11-19(13-18)22-14-20(24(29)30-7-2)21-15-25-28(17(3)4)23(21)26-22/h9-11,13-15,17H,6-8,12,16H2,1-5H3. The number of pyridine rings is 1. The second-order valence-corrected chi connectivity index (χ2v) is 7.99. The van der Waals surface area contributed by atoms with Crippen molar-refractivity contribution in [2.45, 2.75) is 53.1 Å². The third kappa shape index (κ3) is 4.87. The van der Waals surface area contributed by atoms with Gasteiger partial charge in [-0.2, -0.15) is 5.10 Å². The molecule has 0 saturated heterocycles. The van der Waals surface area contributed by atoms with E-state index in [9.17, 15) is 4.79 Å². The maximum atomic E-state index is 12.6. The predicted molar refractivity (Wildman–Crippen MR) is 121 cm³/mol. The molecule has 0 aliphatic heterocycles. The van der Waals surface area contributed by atoms with Crippen molar-refractivity contribution >= 4 is 17.0 Å². The lowest BCUT2D eigenvalue weighted by Crippen LogP contribution is -2.18. The van der Waals surface area contributed by atoms with E-state index in [1.807, 2.05) is 29.8 Å². The zero-order valence-corrected chi connectivity index (χ0v) is 18.7. The number of carbonyl (C=O) groups excluding carboxylic acids is 1. The maximum absolute atomic E-state index is 12.6. The van der Waals surface area contributed by atoms with Crippen molar-refractivity contribution < 1.29 is 9.53 Å². The van der Waals surface area contributed by atoms with Crippen LogP contribution in [0.1, 0.15) is 62.5 Å². The van der Waals surface area contributed by atoms with E-state index in [1.54, 1.807) is 6.20 Å². The summed E-state index contributed by atoms with van der Waals surface area (Å²) in [6.07, 6.45) is 4.09. The van der Waals surface area contributed by atoms with Crippen LogP contribution in [0.15, 0.2) is 36.5 Å². The van der Waals surface area contributed by atoms with Crippen molar-refractivity contribution in [3.05, 3.63) is 47.7 Å². The number of aromatic nitrogens is 3. The highest BCUT2D eigenvalue weighted by Crippen LogP contribution is 2.27. The van der Waals surface area contributed by atoms with Gasteiger partial charge in [-0.3, -0.25) is 0 Å². The molecule has 30 heavy (non-hydrogen) atoms. The molecule has 0 unspecified atom stereocenters. The number of fused-ring (bicyclic) bond motifs is 1. The van der Waals surface area contributed by atoms with Crippen LogP contribution in [-0.4, -0.2) is 45.8 Å². The van der Waals surface area contributed by atoms with Gasteiger partial charge in [0.1, 0.15) is 0 Å². The van der Waals surface area contributed by atoms with Crippen LogP contribution >= 0.6 is 0 Å². The number of nitrogens with zero attached hydrogens (tertiary/aromatic N) is 4. The third-order valence-electron chi connectivity index (χ3n) is 5.12. The number of hydrogen-bond donors (Lipinski definition) is 0. The Morgan fingerprint density at radius 1 is 1.23 bits per heavy atom. The summed E-state index contributed by atoms with van der Waals surface area (Å²) < 4.78 is 7.15. The molecule has 2 heterocycles. The topological polar surface area (TPSA) is 60.3 Å². The van der Waals surface area contributed by atoms with Gasteiger partial charge in [0.2, 0.25) is 0 Å². The molecule has 0 N–H and O–H groups in total. The van der Waals surface area contributed by atoms with E-state index in [4.69, 9.17) is 9.72 Å². The van der Waals surface area contributed by atoms with Gasteiger partial charge in [-0.1, -0.05) is 31.5 Å². The fourth-order valence-electron chi connectivity index (χ4n) is 3.57. The minimum absolute atomic E-state index is 0.138. The predicted octanol–water partition coefficient (Wildman–Crippen LogP) is 5.09. The van der Waals surface area contributed by atoms with Gasteiger partial charge in [0.05, 0.1) is 29.4 Å². The van der Waals surface area contributed by atoms with Gasteiger partial charge < -0.3 is 9.64 Å². The van der Waals surface area contributed by atoms with Crippen molar-refractivity contribution in [3.8, 4) is 11.3 Å². The number of unbranched alkanes of at least 4 members (excludes halogenated alkanes) is 1. The van der Waals surface area contributed by atoms with E-state index in [0.29, 0.717) is 17.8 Å². The molecule has 0 spiro atoms. The molecule has 0 aliphatic rings. The van der Waals surface area contributed by atoms with Gasteiger partial charge in [0.15, 0.2) is 5.65 Å². The Morgan fingerprint density at radius 2 is 2.03 bits per heavy atom. The molecule has 2 aromatic heterocycles. The first-order valence-corrected chi connectivity index (χ1v) is 10.8. The summed E-state index contributed by atoms with van der Waals surface area (Å²) in [5, 5.41) is 5.18. The molecule has 6 heteroatoms. The van der Waals surface area contributed by atoms with Gasteiger partial charge in [-0.15, -0.1) is 0 Å². The first-order valence-electron chi connectivity index (χ1n) is 10.8. The van der Waals surface area contributed by atoms with E-state index in [-0.39, 0.29) is 12.0 Å². The molecule has 0 aliphatic carbocycles. The zero-order valence-electron chi connectivity index (χ0n) is 18.7. The molecule has 3 aromatic rings. The summed E-state index contributed by atoms with van der Waals surface area (Å²) in [4.78, 5) is 19.8. The summed E-state index contributed by atoms with van der Waals surface area (Å²) in [5.74, 6) is -0.343. The molecular formula is C24H32N4O2. The van der Waals surface area contributed by atoms with Crippen LogP contribution in [0.5, 0.6) is 0 Å².